The molecule has 0 aromatic rings. The molecule has 0 radical (unpaired) electrons. The third kappa shape index (κ3) is 4.29. The van der Waals surface area contributed by atoms with Crippen molar-refractivity contribution < 1.29 is 4.43 Å². The smallest absolute Gasteiger partial charge is 0.193 e. The van der Waals surface area contributed by atoms with Gasteiger partial charge in [0.05, 0.1) is 6.07 Å². The monoisotopic (exact) mass is 253 g/mol. The van der Waals surface area contributed by atoms with E-state index in [4.69, 9.17) is 4.43 Å². The van der Waals surface area contributed by atoms with Gasteiger partial charge in [-0.2, -0.15) is 5.26 Å². The summed E-state index contributed by atoms with van der Waals surface area (Å²) in [6.07, 6.45) is 1.49. The fourth-order valence-electron chi connectivity index (χ4n) is 1.43. The van der Waals surface area contributed by atoms with Crippen LogP contribution in [0.15, 0.2) is 12.7 Å². The maximum absolute atomic E-state index is 9.30. The Labute approximate surface area is 108 Å². The zero-order chi connectivity index (χ0) is 13.9. The minimum Gasteiger partial charge on any atom is -0.401 e. The first-order valence-electron chi connectivity index (χ1n) is 6.27. The van der Waals surface area contributed by atoms with E-state index in [1.807, 2.05) is 6.08 Å². The van der Waals surface area contributed by atoms with Crippen LogP contribution < -0.4 is 0 Å². The summed E-state index contributed by atoms with van der Waals surface area (Å²) in [7, 11) is -1.88. The van der Waals surface area contributed by atoms with E-state index >= 15 is 0 Å². The van der Waals surface area contributed by atoms with Crippen LogP contribution in [0.2, 0.25) is 18.1 Å². The van der Waals surface area contributed by atoms with Crippen LogP contribution in [0.3, 0.4) is 0 Å². The Kier molecular flexibility index (Phi) is 5.63. The second kappa shape index (κ2) is 5.84. The van der Waals surface area contributed by atoms with Gasteiger partial charge in [-0.3, -0.25) is 0 Å². The first-order valence-corrected chi connectivity index (χ1v) is 9.17. The quantitative estimate of drug-likeness (QED) is 0.539. The lowest BCUT2D eigenvalue weighted by molar-refractivity contribution is 0.163. The SMILES string of the molecule is C=C[C@H](C(C)C)[C@H](C#N)O[Si](C)(C)C(C)(C)C. The highest BCUT2D eigenvalue weighted by Gasteiger charge is 2.40. The second-order valence-corrected chi connectivity index (χ2v) is 11.2. The number of hydrogen-bond donors (Lipinski definition) is 0. The number of rotatable bonds is 5. The maximum atomic E-state index is 9.30. The van der Waals surface area contributed by atoms with Crippen LogP contribution >= 0.6 is 0 Å². The Hall–Kier alpha value is -0.593. The summed E-state index contributed by atoms with van der Waals surface area (Å²) in [4.78, 5) is 0. The predicted octanol–water partition coefficient (Wildman–Crippen LogP) is 4.36. The molecule has 0 bridgehead atoms. The van der Waals surface area contributed by atoms with Crippen molar-refractivity contribution in [1.82, 2.24) is 0 Å². The molecule has 0 heterocycles. The highest BCUT2D eigenvalue weighted by atomic mass is 28.4. The highest BCUT2D eigenvalue weighted by Crippen LogP contribution is 2.38. The third-order valence-corrected chi connectivity index (χ3v) is 8.20. The minimum atomic E-state index is -1.88. The van der Waals surface area contributed by atoms with Crippen LogP contribution in [0.5, 0.6) is 0 Å². The first-order chi connectivity index (χ1) is 7.56. The summed E-state index contributed by atoms with van der Waals surface area (Å²) in [5.41, 5.74) is 0. The molecule has 2 atom stereocenters. The summed E-state index contributed by atoms with van der Waals surface area (Å²) < 4.78 is 6.17. The van der Waals surface area contributed by atoms with Gasteiger partial charge in [-0.15, -0.1) is 6.58 Å². The molecule has 0 aliphatic carbocycles. The van der Waals surface area contributed by atoms with Gasteiger partial charge in [-0.1, -0.05) is 40.7 Å². The van der Waals surface area contributed by atoms with E-state index in [0.29, 0.717) is 5.92 Å². The van der Waals surface area contributed by atoms with Crippen molar-refractivity contribution in [2.24, 2.45) is 11.8 Å². The molecule has 0 N–H and O–H groups in total. The molecule has 2 nitrogen and oxygen atoms in total. The number of nitriles is 1. The Morgan fingerprint density at radius 1 is 1.29 bits per heavy atom. The summed E-state index contributed by atoms with van der Waals surface area (Å²) in [6.45, 7) is 18.9. The van der Waals surface area contributed by atoms with Gasteiger partial charge >= 0.3 is 0 Å². The zero-order valence-corrected chi connectivity index (χ0v) is 13.4. The molecule has 3 heteroatoms. The van der Waals surface area contributed by atoms with E-state index in [0.717, 1.165) is 0 Å². The van der Waals surface area contributed by atoms with Gasteiger partial charge in [0.1, 0.15) is 6.10 Å². The average Bonchev–Trinajstić information content (AvgIpc) is 2.14. The lowest BCUT2D eigenvalue weighted by atomic mass is 9.91. The fraction of sp³-hybridized carbons (Fsp3) is 0.786. The Balaban J connectivity index is 4.96. The largest absolute Gasteiger partial charge is 0.401 e. The molecule has 0 amide bonds. The van der Waals surface area contributed by atoms with Crippen LogP contribution in [0.25, 0.3) is 0 Å². The van der Waals surface area contributed by atoms with Crippen molar-refractivity contribution in [3.8, 4) is 6.07 Å². The third-order valence-electron chi connectivity index (χ3n) is 3.75. The van der Waals surface area contributed by atoms with E-state index < -0.39 is 8.32 Å². The van der Waals surface area contributed by atoms with Gasteiger partial charge in [0.25, 0.3) is 0 Å². The molecule has 0 fully saturated rings. The van der Waals surface area contributed by atoms with Gasteiger partial charge in [0.15, 0.2) is 8.32 Å². The normalized spacial score (nSPS) is 16.4. The van der Waals surface area contributed by atoms with Gasteiger partial charge in [-0.05, 0) is 24.1 Å². The molecule has 0 aromatic heterocycles. The highest BCUT2D eigenvalue weighted by molar-refractivity contribution is 6.74. The molecular formula is C14H27NOSi. The van der Waals surface area contributed by atoms with Crippen LogP contribution in [0.4, 0.5) is 0 Å². The zero-order valence-electron chi connectivity index (χ0n) is 12.4. The van der Waals surface area contributed by atoms with Crippen LogP contribution in [0, 0.1) is 23.2 Å². The number of hydrogen-bond acceptors (Lipinski definition) is 2. The van der Waals surface area contributed by atoms with E-state index in [1.54, 1.807) is 0 Å². The van der Waals surface area contributed by atoms with Gasteiger partial charge in [0, 0.05) is 5.92 Å². The molecule has 17 heavy (non-hydrogen) atoms. The number of nitrogens with zero attached hydrogens (tertiary/aromatic N) is 1. The molecule has 0 aromatic carbocycles. The van der Waals surface area contributed by atoms with Crippen LogP contribution in [-0.4, -0.2) is 14.4 Å². The maximum Gasteiger partial charge on any atom is 0.193 e. The molecule has 0 saturated carbocycles. The van der Waals surface area contributed by atoms with Crippen molar-refractivity contribution in [3.63, 3.8) is 0 Å². The predicted molar refractivity (Wildman–Crippen MR) is 76.2 cm³/mol. The molecule has 0 spiro atoms. The summed E-state index contributed by atoms with van der Waals surface area (Å²) in [6, 6.07) is 2.30. The van der Waals surface area contributed by atoms with Crippen LogP contribution in [0.1, 0.15) is 34.6 Å². The van der Waals surface area contributed by atoms with E-state index in [2.05, 4.69) is 60.4 Å². The van der Waals surface area contributed by atoms with Crippen molar-refractivity contribution in [3.05, 3.63) is 12.7 Å². The fourth-order valence-corrected chi connectivity index (χ4v) is 2.63. The molecular weight excluding hydrogens is 226 g/mol. The van der Waals surface area contributed by atoms with Gasteiger partial charge in [-0.25, -0.2) is 0 Å². The van der Waals surface area contributed by atoms with Crippen molar-refractivity contribution in [1.29, 1.82) is 5.26 Å². The Bertz CT molecular complexity index is 296. The molecule has 0 unspecified atom stereocenters. The first kappa shape index (κ1) is 16.4. The minimum absolute atomic E-state index is 0.106. The van der Waals surface area contributed by atoms with Crippen molar-refractivity contribution >= 4 is 8.32 Å². The summed E-state index contributed by atoms with van der Waals surface area (Å²) in [5, 5.41) is 9.43. The van der Waals surface area contributed by atoms with Gasteiger partial charge < -0.3 is 4.43 Å². The Morgan fingerprint density at radius 3 is 2.00 bits per heavy atom. The Morgan fingerprint density at radius 2 is 1.76 bits per heavy atom. The van der Waals surface area contributed by atoms with Gasteiger partial charge in [0.2, 0.25) is 0 Å². The molecule has 0 rings (SSSR count). The van der Waals surface area contributed by atoms with Crippen LogP contribution in [-0.2, 0) is 4.43 Å². The van der Waals surface area contributed by atoms with Crippen molar-refractivity contribution in [2.45, 2.75) is 58.9 Å². The second-order valence-electron chi connectivity index (χ2n) is 6.48. The van der Waals surface area contributed by atoms with E-state index in [1.165, 1.54) is 0 Å². The topological polar surface area (TPSA) is 33.0 Å². The van der Waals surface area contributed by atoms with Crippen molar-refractivity contribution in [2.75, 3.05) is 0 Å². The van der Waals surface area contributed by atoms with E-state index in [-0.39, 0.29) is 17.1 Å². The molecule has 0 saturated heterocycles. The summed E-state index contributed by atoms with van der Waals surface area (Å²) in [5.74, 6) is 0.482. The average molecular weight is 253 g/mol. The molecule has 98 valence electrons. The molecule has 0 aliphatic heterocycles. The molecule has 0 aliphatic rings. The lowest BCUT2D eigenvalue weighted by Crippen LogP contribution is -2.45. The van der Waals surface area contributed by atoms with E-state index in [9.17, 15) is 5.26 Å². The lowest BCUT2D eigenvalue weighted by Gasteiger charge is -2.39. The summed E-state index contributed by atoms with van der Waals surface area (Å²) >= 11 is 0. The standard InChI is InChI=1S/C14H27NOSi/c1-9-12(11(2)3)13(10-15)16-17(7,8)14(4,5)6/h9,11-13H,1H2,2-8H3/t12-,13+/m1/s1.